The summed E-state index contributed by atoms with van der Waals surface area (Å²) in [6.45, 7) is 0. The van der Waals surface area contributed by atoms with E-state index in [1.54, 1.807) is 12.1 Å². The minimum Gasteiger partial charge on any atom is -0.382 e. The zero-order valence-electron chi connectivity index (χ0n) is 10.4. The second-order valence-corrected chi connectivity index (χ2v) is 4.82. The number of halogens is 2. The number of rotatable bonds is 1. The van der Waals surface area contributed by atoms with E-state index < -0.39 is 5.56 Å². The molecular formula is C13H7Cl2N5O. The monoisotopic (exact) mass is 319 g/mol. The van der Waals surface area contributed by atoms with E-state index >= 15 is 0 Å². The fourth-order valence-corrected chi connectivity index (χ4v) is 2.50. The molecule has 0 spiro atoms. The first-order valence-electron chi connectivity index (χ1n) is 5.52. The molecule has 0 unspecified atom stereocenters. The normalized spacial score (nSPS) is 9.90. The van der Waals surface area contributed by atoms with E-state index in [0.717, 1.165) is 0 Å². The highest BCUT2D eigenvalue weighted by Gasteiger charge is 2.24. The van der Waals surface area contributed by atoms with Crippen molar-refractivity contribution in [2.24, 2.45) is 0 Å². The molecule has 0 fully saturated rings. The molecule has 4 N–H and O–H groups in total. The minimum absolute atomic E-state index is 0.0141. The topological polar surface area (TPSA) is 122 Å². The smallest absolute Gasteiger partial charge is 0.289 e. The lowest BCUT2D eigenvalue weighted by atomic mass is 9.96. The van der Waals surface area contributed by atoms with Gasteiger partial charge in [-0.05, 0) is 12.1 Å². The lowest BCUT2D eigenvalue weighted by Crippen LogP contribution is -2.33. The van der Waals surface area contributed by atoms with Gasteiger partial charge in [-0.1, -0.05) is 29.3 Å². The van der Waals surface area contributed by atoms with E-state index in [0.29, 0.717) is 4.68 Å². The van der Waals surface area contributed by atoms with Crippen LogP contribution in [0.5, 0.6) is 0 Å². The first kappa shape index (κ1) is 14.7. The molecule has 6 nitrogen and oxygen atoms in total. The van der Waals surface area contributed by atoms with Gasteiger partial charge in [-0.25, -0.2) is 4.68 Å². The lowest BCUT2D eigenvalue weighted by molar-refractivity contribution is 0.942. The minimum atomic E-state index is -0.833. The van der Waals surface area contributed by atoms with Gasteiger partial charge in [0.05, 0.1) is 0 Å². The molecule has 0 aliphatic carbocycles. The summed E-state index contributed by atoms with van der Waals surface area (Å²) in [5.41, 5.74) is 4.54. The maximum Gasteiger partial charge on any atom is 0.289 e. The van der Waals surface area contributed by atoms with E-state index in [1.165, 1.54) is 12.1 Å². The van der Waals surface area contributed by atoms with Gasteiger partial charge in [0.15, 0.2) is 0 Å². The summed E-state index contributed by atoms with van der Waals surface area (Å²) in [5, 5.41) is 18.9. The summed E-state index contributed by atoms with van der Waals surface area (Å²) < 4.78 is 0.547. The van der Waals surface area contributed by atoms with Crippen LogP contribution in [0.1, 0.15) is 11.1 Å². The van der Waals surface area contributed by atoms with Crippen molar-refractivity contribution in [3.63, 3.8) is 0 Å². The standard InChI is InChI=1S/C13H7Cl2N5O/c14-8-2-1-3-9(15)11(8)10-6(4-16)12(18)20(19)13(21)7(10)5-17/h1-3H,18-19H2. The molecule has 0 radical (unpaired) electrons. The largest absolute Gasteiger partial charge is 0.382 e. The SMILES string of the molecule is N#Cc1c(-c2c(Cl)cccc2Cl)c(C#N)c(=O)n(N)c1N. The van der Waals surface area contributed by atoms with Gasteiger partial charge in [0.25, 0.3) is 5.56 Å². The van der Waals surface area contributed by atoms with Crippen LogP contribution in [-0.2, 0) is 0 Å². The van der Waals surface area contributed by atoms with Gasteiger partial charge in [0.2, 0.25) is 0 Å². The van der Waals surface area contributed by atoms with Crippen LogP contribution >= 0.6 is 23.2 Å². The fourth-order valence-electron chi connectivity index (χ4n) is 1.91. The second kappa shape index (κ2) is 5.37. The highest BCUT2D eigenvalue weighted by Crippen LogP contribution is 2.38. The number of benzene rings is 1. The summed E-state index contributed by atoms with van der Waals surface area (Å²) in [7, 11) is 0. The summed E-state index contributed by atoms with van der Waals surface area (Å²) in [5.74, 6) is 5.20. The Morgan fingerprint density at radius 3 is 2.05 bits per heavy atom. The predicted molar refractivity (Wildman–Crippen MR) is 80.2 cm³/mol. The van der Waals surface area contributed by atoms with Crippen LogP contribution in [0.3, 0.4) is 0 Å². The van der Waals surface area contributed by atoms with Crippen molar-refractivity contribution in [1.82, 2.24) is 4.68 Å². The van der Waals surface area contributed by atoms with E-state index in [1.807, 2.05) is 6.07 Å². The van der Waals surface area contributed by atoms with Gasteiger partial charge in [0, 0.05) is 21.2 Å². The Bertz CT molecular complexity index is 869. The maximum atomic E-state index is 12.0. The Morgan fingerprint density at radius 2 is 1.57 bits per heavy atom. The van der Waals surface area contributed by atoms with Gasteiger partial charge >= 0.3 is 0 Å². The molecule has 104 valence electrons. The number of hydrogen-bond acceptors (Lipinski definition) is 5. The molecule has 8 heteroatoms. The molecule has 1 heterocycles. The summed E-state index contributed by atoms with van der Waals surface area (Å²) >= 11 is 12.2. The predicted octanol–water partition coefficient (Wildman–Crippen LogP) is 1.86. The van der Waals surface area contributed by atoms with E-state index in [9.17, 15) is 15.3 Å². The molecule has 0 saturated heterocycles. The number of nitrogen functional groups attached to an aromatic ring is 2. The van der Waals surface area contributed by atoms with Crippen molar-refractivity contribution in [1.29, 1.82) is 10.5 Å². The summed E-state index contributed by atoms with van der Waals surface area (Å²) in [6, 6.07) is 8.19. The number of nitrogens with two attached hydrogens (primary N) is 2. The molecular weight excluding hydrogens is 313 g/mol. The molecule has 1 aromatic carbocycles. The van der Waals surface area contributed by atoms with Crippen molar-refractivity contribution < 1.29 is 0 Å². The average Bonchev–Trinajstić information content (AvgIpc) is 2.45. The van der Waals surface area contributed by atoms with Crippen molar-refractivity contribution in [2.75, 3.05) is 11.6 Å². The van der Waals surface area contributed by atoms with Crippen LogP contribution in [-0.4, -0.2) is 4.68 Å². The molecule has 2 rings (SSSR count). The third-order valence-corrected chi connectivity index (χ3v) is 3.51. The number of nitriles is 2. The zero-order chi connectivity index (χ0) is 15.7. The van der Waals surface area contributed by atoms with E-state index in [-0.39, 0.29) is 38.1 Å². The van der Waals surface area contributed by atoms with Crippen LogP contribution in [0.25, 0.3) is 11.1 Å². The second-order valence-electron chi connectivity index (χ2n) is 4.01. The third-order valence-electron chi connectivity index (χ3n) is 2.88. The lowest BCUT2D eigenvalue weighted by Gasteiger charge is -2.14. The number of aromatic nitrogens is 1. The van der Waals surface area contributed by atoms with Crippen LogP contribution in [0.4, 0.5) is 5.82 Å². The number of anilines is 1. The van der Waals surface area contributed by atoms with Crippen LogP contribution in [0.15, 0.2) is 23.0 Å². The quantitative estimate of drug-likeness (QED) is 0.777. The summed E-state index contributed by atoms with van der Waals surface area (Å²) in [6.07, 6.45) is 0. The van der Waals surface area contributed by atoms with E-state index in [2.05, 4.69) is 0 Å². The van der Waals surface area contributed by atoms with Crippen molar-refractivity contribution in [3.8, 4) is 23.3 Å². The molecule has 0 aliphatic rings. The van der Waals surface area contributed by atoms with Crippen LogP contribution in [0.2, 0.25) is 10.0 Å². The van der Waals surface area contributed by atoms with Gasteiger partial charge in [-0.15, -0.1) is 0 Å². The molecule has 21 heavy (non-hydrogen) atoms. The van der Waals surface area contributed by atoms with E-state index in [4.69, 9.17) is 34.8 Å². The summed E-state index contributed by atoms with van der Waals surface area (Å²) in [4.78, 5) is 12.0. The van der Waals surface area contributed by atoms with Gasteiger partial charge in [0.1, 0.15) is 29.1 Å². The first-order chi connectivity index (χ1) is 9.93. The maximum absolute atomic E-state index is 12.0. The van der Waals surface area contributed by atoms with Crippen LogP contribution < -0.4 is 17.1 Å². The molecule has 0 bridgehead atoms. The van der Waals surface area contributed by atoms with Crippen LogP contribution in [0, 0.1) is 22.7 Å². The highest BCUT2D eigenvalue weighted by atomic mass is 35.5. The fraction of sp³-hybridized carbons (Fsp3) is 0. The Labute approximate surface area is 129 Å². The van der Waals surface area contributed by atoms with Gasteiger partial charge < -0.3 is 11.6 Å². The molecule has 0 aliphatic heterocycles. The molecule has 2 aromatic rings. The Kier molecular flexibility index (Phi) is 3.77. The van der Waals surface area contributed by atoms with Gasteiger partial charge in [-0.3, -0.25) is 4.79 Å². The van der Waals surface area contributed by atoms with Crippen molar-refractivity contribution in [2.45, 2.75) is 0 Å². The molecule has 1 aromatic heterocycles. The number of nitrogens with zero attached hydrogens (tertiary/aromatic N) is 3. The molecule has 0 atom stereocenters. The highest BCUT2D eigenvalue weighted by molar-refractivity contribution is 6.39. The van der Waals surface area contributed by atoms with Crippen molar-refractivity contribution >= 4 is 29.0 Å². The Morgan fingerprint density at radius 1 is 1.05 bits per heavy atom. The average molecular weight is 320 g/mol. The third kappa shape index (κ3) is 2.17. The molecule has 0 amide bonds. The number of hydrogen-bond donors (Lipinski definition) is 2. The Balaban J connectivity index is 3.11. The zero-order valence-corrected chi connectivity index (χ0v) is 11.9. The first-order valence-corrected chi connectivity index (χ1v) is 6.27. The Hall–Kier alpha value is -2.67. The van der Waals surface area contributed by atoms with Gasteiger partial charge in [-0.2, -0.15) is 10.5 Å². The number of pyridine rings is 1. The van der Waals surface area contributed by atoms with Crippen molar-refractivity contribution in [3.05, 3.63) is 49.7 Å². The molecule has 0 saturated carbocycles.